The average Bonchev–Trinajstić information content (AvgIpc) is 2.58. The molecule has 2 aromatic rings. The minimum atomic E-state index is -1.08. The van der Waals surface area contributed by atoms with Crippen LogP contribution in [0.5, 0.6) is 5.75 Å². The molecular weight excluding hydrogens is 350 g/mol. The van der Waals surface area contributed by atoms with E-state index in [1.807, 2.05) is 20.8 Å². The van der Waals surface area contributed by atoms with Gasteiger partial charge in [0.05, 0.1) is 5.69 Å². The number of aliphatic carboxylic acids is 1. The first kappa shape index (κ1) is 20.2. The van der Waals surface area contributed by atoms with Crippen LogP contribution in [0.25, 0.3) is 0 Å². The Kier molecular flexibility index (Phi) is 5.68. The molecule has 1 amide bonds. The van der Waals surface area contributed by atoms with Gasteiger partial charge in [-0.1, -0.05) is 20.8 Å². The summed E-state index contributed by atoms with van der Waals surface area (Å²) in [5.41, 5.74) is 0.0501. The number of nitrogens with one attached hydrogen (secondary N) is 1. The van der Waals surface area contributed by atoms with Crippen LogP contribution < -0.4 is 15.2 Å². The second-order valence-corrected chi connectivity index (χ2v) is 7.17. The van der Waals surface area contributed by atoms with Crippen molar-refractivity contribution in [3.8, 4) is 5.75 Å². The van der Waals surface area contributed by atoms with Crippen LogP contribution in [0.3, 0.4) is 0 Å². The summed E-state index contributed by atoms with van der Waals surface area (Å²) in [5.74, 6) is -0.676. The number of aryl methyl sites for hydroxylation is 1. The molecule has 144 valence electrons. The number of benzene rings is 1. The third kappa shape index (κ3) is 4.72. The molecule has 0 bridgehead atoms. The van der Waals surface area contributed by atoms with E-state index in [4.69, 9.17) is 9.84 Å². The molecule has 2 rings (SSSR count). The van der Waals surface area contributed by atoms with E-state index < -0.39 is 24.0 Å². The average molecular weight is 373 g/mol. The minimum absolute atomic E-state index is 0.0169. The first-order chi connectivity index (χ1) is 12.5. The summed E-state index contributed by atoms with van der Waals surface area (Å²) in [6, 6.07) is 6.32. The van der Waals surface area contributed by atoms with Crippen molar-refractivity contribution in [1.29, 1.82) is 0 Å². The monoisotopic (exact) mass is 373 g/mol. The lowest BCUT2D eigenvalue weighted by Crippen LogP contribution is -2.35. The molecule has 1 aromatic heterocycles. The van der Waals surface area contributed by atoms with Gasteiger partial charge in [0.25, 0.3) is 11.5 Å². The lowest BCUT2D eigenvalue weighted by molar-refractivity contribution is -0.139. The Morgan fingerprint density at radius 1 is 1.22 bits per heavy atom. The van der Waals surface area contributed by atoms with Gasteiger partial charge in [-0.25, -0.2) is 9.78 Å². The molecule has 8 heteroatoms. The molecular formula is C19H23N3O5. The maximum Gasteiger partial charge on any atom is 0.341 e. The van der Waals surface area contributed by atoms with E-state index in [-0.39, 0.29) is 11.0 Å². The standard InChI is InChI=1S/C19H23N3O5/c1-11-15(16(25)21-18(20-11)19(2,3)4)17(26)22(5)12-6-8-13(9-7-12)27-10-14(23)24/h6-9H,10H2,1-5H3,(H,23,24)(H,20,21,25). The van der Waals surface area contributed by atoms with Gasteiger partial charge in [-0.3, -0.25) is 9.59 Å². The lowest BCUT2D eigenvalue weighted by atomic mass is 9.95. The largest absolute Gasteiger partial charge is 0.482 e. The van der Waals surface area contributed by atoms with Crippen LogP contribution in [0.2, 0.25) is 0 Å². The van der Waals surface area contributed by atoms with Gasteiger partial charge in [-0.05, 0) is 31.2 Å². The number of carboxylic acids is 1. The number of carboxylic acid groups (broad SMARTS) is 1. The molecule has 1 aromatic carbocycles. The summed E-state index contributed by atoms with van der Waals surface area (Å²) in [5, 5.41) is 8.62. The number of aromatic amines is 1. The SMILES string of the molecule is Cc1nc(C(C)(C)C)[nH]c(=O)c1C(=O)N(C)c1ccc(OCC(=O)O)cc1. The van der Waals surface area contributed by atoms with Crippen molar-refractivity contribution < 1.29 is 19.4 Å². The Bertz CT molecular complexity index is 910. The fourth-order valence-electron chi connectivity index (χ4n) is 2.39. The minimum Gasteiger partial charge on any atom is -0.482 e. The molecule has 27 heavy (non-hydrogen) atoms. The van der Waals surface area contributed by atoms with E-state index >= 15 is 0 Å². The van der Waals surface area contributed by atoms with Crippen molar-refractivity contribution in [2.75, 3.05) is 18.6 Å². The van der Waals surface area contributed by atoms with Crippen molar-refractivity contribution in [3.05, 3.63) is 51.7 Å². The van der Waals surface area contributed by atoms with E-state index in [9.17, 15) is 14.4 Å². The number of carbonyl (C=O) groups is 2. The van der Waals surface area contributed by atoms with Gasteiger partial charge < -0.3 is 19.7 Å². The predicted molar refractivity (Wildman–Crippen MR) is 101 cm³/mol. The summed E-state index contributed by atoms with van der Waals surface area (Å²) in [6.07, 6.45) is 0. The molecule has 0 aliphatic heterocycles. The number of ether oxygens (including phenoxy) is 1. The molecule has 0 unspecified atom stereocenters. The van der Waals surface area contributed by atoms with Crippen molar-refractivity contribution >= 4 is 17.6 Å². The maximum absolute atomic E-state index is 12.8. The smallest absolute Gasteiger partial charge is 0.341 e. The fraction of sp³-hybridized carbons (Fsp3) is 0.368. The first-order valence-electron chi connectivity index (χ1n) is 8.35. The number of rotatable bonds is 5. The van der Waals surface area contributed by atoms with Crippen molar-refractivity contribution in [3.63, 3.8) is 0 Å². The summed E-state index contributed by atoms with van der Waals surface area (Å²) >= 11 is 0. The molecule has 0 aliphatic carbocycles. The summed E-state index contributed by atoms with van der Waals surface area (Å²) < 4.78 is 5.06. The molecule has 0 saturated heterocycles. The van der Waals surface area contributed by atoms with Crippen LogP contribution in [0.15, 0.2) is 29.1 Å². The molecule has 0 fully saturated rings. The molecule has 1 heterocycles. The van der Waals surface area contributed by atoms with E-state index in [0.717, 1.165) is 0 Å². The van der Waals surface area contributed by atoms with Crippen LogP contribution in [0.1, 0.15) is 42.6 Å². The van der Waals surface area contributed by atoms with Crippen LogP contribution >= 0.6 is 0 Å². The van der Waals surface area contributed by atoms with E-state index in [1.54, 1.807) is 38.2 Å². The number of H-pyrrole nitrogens is 1. The molecule has 2 N–H and O–H groups in total. The van der Waals surface area contributed by atoms with E-state index in [1.165, 1.54) is 4.90 Å². The highest BCUT2D eigenvalue weighted by atomic mass is 16.5. The van der Waals surface area contributed by atoms with Gasteiger partial charge in [0, 0.05) is 18.2 Å². The maximum atomic E-state index is 12.8. The number of hydrogen-bond donors (Lipinski definition) is 2. The number of carbonyl (C=O) groups excluding carboxylic acids is 1. The number of aromatic nitrogens is 2. The second kappa shape index (κ2) is 7.61. The third-order valence-corrected chi connectivity index (χ3v) is 3.92. The Balaban J connectivity index is 2.27. The molecule has 0 aliphatic rings. The quantitative estimate of drug-likeness (QED) is 0.830. The van der Waals surface area contributed by atoms with Gasteiger partial charge in [-0.15, -0.1) is 0 Å². The molecule has 0 atom stereocenters. The van der Waals surface area contributed by atoms with Gasteiger partial charge in [0.2, 0.25) is 0 Å². The third-order valence-electron chi connectivity index (χ3n) is 3.92. The highest BCUT2D eigenvalue weighted by molar-refractivity contribution is 6.06. The fourth-order valence-corrected chi connectivity index (χ4v) is 2.39. The van der Waals surface area contributed by atoms with Gasteiger partial charge >= 0.3 is 5.97 Å². The number of anilines is 1. The zero-order valence-corrected chi connectivity index (χ0v) is 16.0. The highest BCUT2D eigenvalue weighted by Gasteiger charge is 2.24. The Labute approximate surface area is 156 Å². The Hall–Kier alpha value is -3.16. The van der Waals surface area contributed by atoms with E-state index in [0.29, 0.717) is 23.0 Å². The number of nitrogens with zero attached hydrogens (tertiary/aromatic N) is 2. The molecule has 0 saturated carbocycles. The predicted octanol–water partition coefficient (Wildman–Crippen LogP) is 2.12. The summed E-state index contributed by atoms with van der Waals surface area (Å²) in [4.78, 5) is 44.2. The topological polar surface area (TPSA) is 113 Å². The Morgan fingerprint density at radius 2 is 1.81 bits per heavy atom. The van der Waals surface area contributed by atoms with Gasteiger partial charge in [-0.2, -0.15) is 0 Å². The number of amides is 1. The number of hydrogen-bond acceptors (Lipinski definition) is 5. The zero-order valence-electron chi connectivity index (χ0n) is 16.0. The van der Waals surface area contributed by atoms with Crippen LogP contribution in [0.4, 0.5) is 5.69 Å². The van der Waals surface area contributed by atoms with Crippen molar-refractivity contribution in [2.45, 2.75) is 33.1 Å². The molecule has 0 radical (unpaired) electrons. The lowest BCUT2D eigenvalue weighted by Gasteiger charge is -2.21. The van der Waals surface area contributed by atoms with Gasteiger partial charge in [0.1, 0.15) is 17.1 Å². The van der Waals surface area contributed by atoms with Crippen LogP contribution in [-0.4, -0.2) is 40.6 Å². The van der Waals surface area contributed by atoms with E-state index in [2.05, 4.69) is 9.97 Å². The summed E-state index contributed by atoms with van der Waals surface area (Å²) in [6.45, 7) is 6.95. The van der Waals surface area contributed by atoms with Crippen LogP contribution in [0, 0.1) is 6.92 Å². The molecule has 8 nitrogen and oxygen atoms in total. The highest BCUT2D eigenvalue weighted by Crippen LogP contribution is 2.21. The van der Waals surface area contributed by atoms with Crippen molar-refractivity contribution in [2.24, 2.45) is 0 Å². The zero-order chi connectivity index (χ0) is 20.4. The molecule has 0 spiro atoms. The normalized spacial score (nSPS) is 11.1. The van der Waals surface area contributed by atoms with Crippen molar-refractivity contribution in [1.82, 2.24) is 9.97 Å². The Morgan fingerprint density at radius 3 is 2.30 bits per heavy atom. The van der Waals surface area contributed by atoms with Gasteiger partial charge in [0.15, 0.2) is 6.61 Å². The summed E-state index contributed by atoms with van der Waals surface area (Å²) in [7, 11) is 1.55. The first-order valence-corrected chi connectivity index (χ1v) is 8.35. The second-order valence-electron chi connectivity index (χ2n) is 7.17. The van der Waals surface area contributed by atoms with Crippen LogP contribution in [-0.2, 0) is 10.2 Å².